The van der Waals surface area contributed by atoms with Crippen molar-refractivity contribution in [3.8, 4) is 0 Å². The average molecular weight is 454 g/mol. The summed E-state index contributed by atoms with van der Waals surface area (Å²) in [4.78, 5) is 50.3. The van der Waals surface area contributed by atoms with Crippen molar-refractivity contribution < 1.29 is 23.9 Å². The molecule has 0 aliphatic heterocycles. The first-order valence-electron chi connectivity index (χ1n) is 9.11. The smallest absolute Gasteiger partial charge is 0.340 e. The molecule has 0 saturated heterocycles. The summed E-state index contributed by atoms with van der Waals surface area (Å²) in [5.74, 6) is -2.18. The number of hydrogen-bond acceptors (Lipinski definition) is 5. The van der Waals surface area contributed by atoms with E-state index in [9.17, 15) is 19.2 Å². The molecule has 1 amide bonds. The van der Waals surface area contributed by atoms with Crippen LogP contribution in [0.15, 0.2) is 60.7 Å². The van der Waals surface area contributed by atoms with Gasteiger partial charge in [-0.05, 0) is 18.2 Å². The number of ketones is 2. The Morgan fingerprint density at radius 3 is 2.19 bits per heavy atom. The maximum absolute atomic E-state index is 13.0. The summed E-state index contributed by atoms with van der Waals surface area (Å²) in [5, 5.41) is 2.74. The second-order valence-electron chi connectivity index (χ2n) is 6.66. The molecule has 0 atom stereocenters. The van der Waals surface area contributed by atoms with E-state index in [-0.39, 0.29) is 49.6 Å². The lowest BCUT2D eigenvalue weighted by molar-refractivity contribution is -0.119. The van der Waals surface area contributed by atoms with Crippen molar-refractivity contribution in [1.29, 1.82) is 0 Å². The molecule has 0 aromatic heterocycles. The monoisotopic (exact) mass is 453 g/mol. The molecular weight excluding hydrogens is 441 g/mol. The van der Waals surface area contributed by atoms with Crippen molar-refractivity contribution in [2.24, 2.45) is 0 Å². The second kappa shape index (κ2) is 8.34. The van der Waals surface area contributed by atoms with Crippen LogP contribution < -0.4 is 5.32 Å². The minimum absolute atomic E-state index is 0.0227. The van der Waals surface area contributed by atoms with E-state index in [1.54, 1.807) is 30.3 Å². The molecule has 6 nitrogen and oxygen atoms in total. The number of fused-ring (bicyclic) bond motifs is 2. The molecule has 0 radical (unpaired) electrons. The van der Waals surface area contributed by atoms with Crippen LogP contribution in [0, 0.1) is 0 Å². The molecule has 3 aromatic rings. The number of hydrogen-bond donors (Lipinski definition) is 1. The number of carbonyl (C=O) groups excluding carboxylic acids is 4. The summed E-state index contributed by atoms with van der Waals surface area (Å²) < 4.78 is 5.00. The number of ether oxygens (including phenoxy) is 1. The zero-order valence-electron chi connectivity index (χ0n) is 15.8. The molecule has 1 aliphatic carbocycles. The van der Waals surface area contributed by atoms with Crippen LogP contribution in [0.1, 0.15) is 42.2 Å². The molecule has 0 bridgehead atoms. The Balaban J connectivity index is 1.52. The zero-order valence-corrected chi connectivity index (χ0v) is 17.3. The van der Waals surface area contributed by atoms with E-state index in [0.29, 0.717) is 5.56 Å². The highest BCUT2D eigenvalue weighted by Gasteiger charge is 2.31. The van der Waals surface area contributed by atoms with Crippen LogP contribution in [0.5, 0.6) is 0 Å². The van der Waals surface area contributed by atoms with E-state index in [0.717, 1.165) is 0 Å². The lowest BCUT2D eigenvalue weighted by atomic mass is 9.83. The number of nitrogens with one attached hydrogen (secondary N) is 1. The maximum Gasteiger partial charge on any atom is 0.340 e. The first-order valence-corrected chi connectivity index (χ1v) is 9.86. The summed E-state index contributed by atoms with van der Waals surface area (Å²) in [7, 11) is 0. The predicted molar refractivity (Wildman–Crippen MR) is 115 cm³/mol. The van der Waals surface area contributed by atoms with Gasteiger partial charge >= 0.3 is 5.97 Å². The van der Waals surface area contributed by atoms with Gasteiger partial charge in [0.05, 0.1) is 26.9 Å². The van der Waals surface area contributed by atoms with E-state index in [4.69, 9.17) is 27.9 Å². The topological polar surface area (TPSA) is 89.5 Å². The number of esters is 1. The van der Waals surface area contributed by atoms with Crippen LogP contribution in [0.4, 0.5) is 5.69 Å². The van der Waals surface area contributed by atoms with Crippen molar-refractivity contribution in [2.75, 3.05) is 11.9 Å². The second-order valence-corrected chi connectivity index (χ2v) is 7.44. The van der Waals surface area contributed by atoms with Gasteiger partial charge in [-0.1, -0.05) is 65.7 Å². The van der Waals surface area contributed by atoms with Gasteiger partial charge in [0.15, 0.2) is 18.2 Å². The SMILES string of the molecule is O=C(COC(=O)c1cccc(Cl)c1Cl)Nc1cccc2c1C(=O)c1ccccc1C2=O. The Hall–Kier alpha value is -3.48. The Morgan fingerprint density at radius 1 is 0.806 bits per heavy atom. The fourth-order valence-corrected chi connectivity index (χ4v) is 3.68. The molecule has 0 heterocycles. The summed E-state index contributed by atoms with van der Waals surface area (Å²) in [6, 6.07) is 15.6. The van der Waals surface area contributed by atoms with Gasteiger partial charge in [0.25, 0.3) is 5.91 Å². The van der Waals surface area contributed by atoms with Crippen molar-refractivity contribution in [2.45, 2.75) is 0 Å². The van der Waals surface area contributed by atoms with E-state index in [1.165, 1.54) is 30.3 Å². The molecule has 4 rings (SSSR count). The lowest BCUT2D eigenvalue weighted by Crippen LogP contribution is -2.26. The van der Waals surface area contributed by atoms with Crippen molar-refractivity contribution in [3.05, 3.63) is 98.5 Å². The first-order chi connectivity index (χ1) is 14.9. The number of benzene rings is 3. The summed E-state index contributed by atoms with van der Waals surface area (Å²) in [6.45, 7) is -0.621. The fourth-order valence-electron chi connectivity index (χ4n) is 3.31. The molecule has 154 valence electrons. The fraction of sp³-hybridized carbons (Fsp3) is 0.0435. The molecule has 0 saturated carbocycles. The third kappa shape index (κ3) is 3.83. The van der Waals surface area contributed by atoms with Crippen LogP contribution >= 0.6 is 23.2 Å². The quantitative estimate of drug-likeness (QED) is 0.457. The van der Waals surface area contributed by atoms with Crippen LogP contribution in [0.25, 0.3) is 0 Å². The molecule has 0 spiro atoms. The number of amides is 1. The van der Waals surface area contributed by atoms with Crippen molar-refractivity contribution >= 4 is 52.3 Å². The highest BCUT2D eigenvalue weighted by molar-refractivity contribution is 6.43. The predicted octanol–water partition coefficient (Wildman–Crippen LogP) is 4.56. The summed E-state index contributed by atoms with van der Waals surface area (Å²) in [6.07, 6.45) is 0. The molecular formula is C23H13Cl2NO5. The van der Waals surface area contributed by atoms with Crippen molar-refractivity contribution in [1.82, 2.24) is 0 Å². The van der Waals surface area contributed by atoms with E-state index < -0.39 is 18.5 Å². The number of rotatable bonds is 4. The number of halogens is 2. The Bertz CT molecular complexity index is 1270. The minimum atomic E-state index is -0.821. The van der Waals surface area contributed by atoms with E-state index in [2.05, 4.69) is 5.32 Å². The van der Waals surface area contributed by atoms with Crippen LogP contribution in [-0.4, -0.2) is 30.0 Å². The van der Waals surface area contributed by atoms with Gasteiger partial charge in [-0.2, -0.15) is 0 Å². The van der Waals surface area contributed by atoms with Gasteiger partial charge in [0, 0.05) is 16.7 Å². The van der Waals surface area contributed by atoms with E-state index in [1.807, 2.05) is 0 Å². The van der Waals surface area contributed by atoms with Crippen LogP contribution in [0.2, 0.25) is 10.0 Å². The minimum Gasteiger partial charge on any atom is -0.452 e. The van der Waals surface area contributed by atoms with Gasteiger partial charge in [-0.25, -0.2) is 4.79 Å². The molecule has 31 heavy (non-hydrogen) atoms. The average Bonchev–Trinajstić information content (AvgIpc) is 2.77. The maximum atomic E-state index is 13.0. The molecule has 1 N–H and O–H groups in total. The standard InChI is InChI=1S/C23H13Cl2NO5/c24-16-9-3-8-15(20(16)25)23(30)31-11-18(27)26-17-10-4-7-14-19(17)22(29)13-6-2-1-5-12(13)21(14)28/h1-10H,11H2,(H,26,27). The van der Waals surface area contributed by atoms with Gasteiger partial charge in [-0.3, -0.25) is 14.4 Å². The van der Waals surface area contributed by atoms with Gasteiger partial charge < -0.3 is 10.1 Å². The van der Waals surface area contributed by atoms with Crippen LogP contribution in [0.3, 0.4) is 0 Å². The lowest BCUT2D eigenvalue weighted by Gasteiger charge is -2.20. The van der Waals surface area contributed by atoms with Gasteiger partial charge in [0.2, 0.25) is 0 Å². The third-order valence-corrected chi connectivity index (χ3v) is 5.55. The van der Waals surface area contributed by atoms with Crippen molar-refractivity contribution in [3.63, 3.8) is 0 Å². The normalized spacial score (nSPS) is 12.1. The van der Waals surface area contributed by atoms with Gasteiger partial charge in [-0.15, -0.1) is 0 Å². The Labute approximate surface area is 186 Å². The molecule has 3 aromatic carbocycles. The molecule has 0 fully saturated rings. The zero-order chi connectivity index (χ0) is 22.1. The Kier molecular flexibility index (Phi) is 5.59. The highest BCUT2D eigenvalue weighted by Crippen LogP contribution is 2.32. The number of carbonyl (C=O) groups is 4. The largest absolute Gasteiger partial charge is 0.452 e. The summed E-state index contributed by atoms with van der Waals surface area (Å²) >= 11 is 11.9. The van der Waals surface area contributed by atoms with Gasteiger partial charge in [0.1, 0.15) is 0 Å². The number of anilines is 1. The highest BCUT2D eigenvalue weighted by atomic mass is 35.5. The summed E-state index contributed by atoms with van der Waals surface area (Å²) in [5.41, 5.74) is 1.07. The first kappa shape index (κ1) is 20.8. The van der Waals surface area contributed by atoms with Crippen LogP contribution in [-0.2, 0) is 9.53 Å². The molecule has 8 heteroatoms. The Morgan fingerprint density at radius 2 is 1.45 bits per heavy atom. The molecule has 1 aliphatic rings. The van der Waals surface area contributed by atoms with E-state index >= 15 is 0 Å². The third-order valence-electron chi connectivity index (χ3n) is 4.73. The molecule has 0 unspecified atom stereocenters.